The van der Waals surface area contributed by atoms with Gasteiger partial charge in [0.1, 0.15) is 6.04 Å². The van der Waals surface area contributed by atoms with E-state index in [4.69, 9.17) is 4.74 Å². The number of benzene rings is 3. The Morgan fingerprint density at radius 2 is 1.59 bits per heavy atom. The van der Waals surface area contributed by atoms with Gasteiger partial charge in [-0.05, 0) is 36.2 Å². The standard InChI is InChI=1S/C26H29N3O4S/c1-20-11-13-23(14-12-20)28-26(30)25(21-7-3-2-4-8-21)27-19-22-9-5-6-10-24(22)34(31,32)29-15-17-33-18-16-29/h2-14,25,27H,15-19H2,1H3,(H,28,30)/t25-/m0/s1. The van der Waals surface area contributed by atoms with Gasteiger partial charge in [-0.3, -0.25) is 10.1 Å². The SMILES string of the molecule is Cc1ccc(NC(=O)[C@@H](NCc2ccccc2S(=O)(=O)N2CCOCC2)c2ccccc2)cc1. The van der Waals surface area contributed by atoms with Gasteiger partial charge in [0.25, 0.3) is 0 Å². The fourth-order valence-electron chi connectivity index (χ4n) is 3.90. The van der Waals surface area contributed by atoms with E-state index >= 15 is 0 Å². The number of carbonyl (C=O) groups excluding carboxylic acids is 1. The molecule has 0 aromatic heterocycles. The van der Waals surface area contributed by atoms with Crippen molar-refractivity contribution in [2.24, 2.45) is 0 Å². The summed E-state index contributed by atoms with van der Waals surface area (Å²) in [5.41, 5.74) is 3.21. The molecule has 0 radical (unpaired) electrons. The molecule has 3 aromatic carbocycles. The fourth-order valence-corrected chi connectivity index (χ4v) is 5.53. The first-order valence-electron chi connectivity index (χ1n) is 11.3. The zero-order valence-corrected chi connectivity index (χ0v) is 19.9. The minimum Gasteiger partial charge on any atom is -0.379 e. The van der Waals surface area contributed by atoms with Gasteiger partial charge in [0, 0.05) is 25.3 Å². The second-order valence-electron chi connectivity index (χ2n) is 8.20. The topological polar surface area (TPSA) is 87.7 Å². The van der Waals surface area contributed by atoms with Crippen molar-refractivity contribution < 1.29 is 17.9 Å². The van der Waals surface area contributed by atoms with Crippen molar-refractivity contribution in [1.29, 1.82) is 0 Å². The Balaban J connectivity index is 1.56. The highest BCUT2D eigenvalue weighted by molar-refractivity contribution is 7.89. The number of nitrogens with one attached hydrogen (secondary N) is 2. The smallest absolute Gasteiger partial charge is 0.246 e. The highest BCUT2D eigenvalue weighted by atomic mass is 32.2. The average molecular weight is 480 g/mol. The number of morpholine rings is 1. The van der Waals surface area contributed by atoms with Gasteiger partial charge in [-0.2, -0.15) is 4.31 Å². The Morgan fingerprint density at radius 1 is 0.941 bits per heavy atom. The number of amides is 1. The molecule has 34 heavy (non-hydrogen) atoms. The van der Waals surface area contributed by atoms with Crippen molar-refractivity contribution in [2.75, 3.05) is 31.6 Å². The Morgan fingerprint density at radius 3 is 2.29 bits per heavy atom. The average Bonchev–Trinajstić information content (AvgIpc) is 2.87. The highest BCUT2D eigenvalue weighted by Gasteiger charge is 2.29. The van der Waals surface area contributed by atoms with E-state index in [9.17, 15) is 13.2 Å². The maximum absolute atomic E-state index is 13.3. The number of hydrogen-bond donors (Lipinski definition) is 2. The van der Waals surface area contributed by atoms with Crippen LogP contribution in [0.1, 0.15) is 22.7 Å². The quantitative estimate of drug-likeness (QED) is 0.517. The highest BCUT2D eigenvalue weighted by Crippen LogP contribution is 2.23. The van der Waals surface area contributed by atoms with Crippen LogP contribution in [-0.2, 0) is 26.1 Å². The normalized spacial score (nSPS) is 15.6. The molecule has 1 fully saturated rings. The minimum absolute atomic E-state index is 0.209. The van der Waals surface area contributed by atoms with Crippen LogP contribution in [0.3, 0.4) is 0 Å². The van der Waals surface area contributed by atoms with E-state index in [1.807, 2.05) is 61.5 Å². The largest absolute Gasteiger partial charge is 0.379 e. The molecule has 0 unspecified atom stereocenters. The first-order chi connectivity index (χ1) is 16.4. The third-order valence-electron chi connectivity index (χ3n) is 5.77. The molecular formula is C26H29N3O4S. The van der Waals surface area contributed by atoms with Crippen LogP contribution in [-0.4, -0.2) is 44.9 Å². The molecule has 1 aliphatic rings. The van der Waals surface area contributed by atoms with Crippen LogP contribution in [0.4, 0.5) is 5.69 Å². The molecule has 0 bridgehead atoms. The van der Waals surface area contributed by atoms with E-state index in [1.54, 1.807) is 24.3 Å². The van der Waals surface area contributed by atoms with E-state index in [2.05, 4.69) is 10.6 Å². The summed E-state index contributed by atoms with van der Waals surface area (Å²) in [6.07, 6.45) is 0. The van der Waals surface area contributed by atoms with Crippen molar-refractivity contribution in [1.82, 2.24) is 9.62 Å². The predicted octanol–water partition coefficient (Wildman–Crippen LogP) is 3.49. The van der Waals surface area contributed by atoms with Crippen molar-refractivity contribution >= 4 is 21.6 Å². The van der Waals surface area contributed by atoms with Gasteiger partial charge in [-0.1, -0.05) is 66.2 Å². The van der Waals surface area contributed by atoms with Crippen LogP contribution in [0, 0.1) is 6.92 Å². The number of nitrogens with zero attached hydrogens (tertiary/aromatic N) is 1. The van der Waals surface area contributed by atoms with Crippen LogP contribution < -0.4 is 10.6 Å². The van der Waals surface area contributed by atoms with Crippen molar-refractivity contribution in [2.45, 2.75) is 24.4 Å². The van der Waals surface area contributed by atoms with Gasteiger partial charge in [-0.15, -0.1) is 0 Å². The molecule has 0 spiro atoms. The summed E-state index contributed by atoms with van der Waals surface area (Å²) < 4.78 is 33.3. The number of sulfonamides is 1. The summed E-state index contributed by atoms with van der Waals surface area (Å²) in [6, 6.07) is 23.2. The third-order valence-corrected chi connectivity index (χ3v) is 7.77. The van der Waals surface area contributed by atoms with E-state index in [1.165, 1.54) is 4.31 Å². The molecule has 8 heteroatoms. The third kappa shape index (κ3) is 5.71. The summed E-state index contributed by atoms with van der Waals surface area (Å²) in [7, 11) is -3.67. The van der Waals surface area contributed by atoms with Gasteiger partial charge in [0.15, 0.2) is 0 Å². The number of anilines is 1. The maximum Gasteiger partial charge on any atom is 0.246 e. The predicted molar refractivity (Wildman–Crippen MR) is 132 cm³/mol. The first-order valence-corrected chi connectivity index (χ1v) is 12.7. The van der Waals surface area contributed by atoms with Gasteiger partial charge >= 0.3 is 0 Å². The Kier molecular flexibility index (Phi) is 7.74. The number of ether oxygens (including phenoxy) is 1. The van der Waals surface area contributed by atoms with E-state index in [0.717, 1.165) is 11.1 Å². The Bertz CT molecular complexity index is 1210. The van der Waals surface area contributed by atoms with E-state index in [-0.39, 0.29) is 17.3 Å². The summed E-state index contributed by atoms with van der Waals surface area (Å²) in [6.45, 7) is 3.62. The minimum atomic E-state index is -3.67. The Hall–Kier alpha value is -3.04. The summed E-state index contributed by atoms with van der Waals surface area (Å²) in [5, 5.41) is 6.24. The van der Waals surface area contributed by atoms with Crippen molar-refractivity contribution in [3.63, 3.8) is 0 Å². The molecule has 0 aliphatic carbocycles. The lowest BCUT2D eigenvalue weighted by Crippen LogP contribution is -2.41. The number of aryl methyl sites for hydroxylation is 1. The van der Waals surface area contributed by atoms with Gasteiger partial charge < -0.3 is 10.1 Å². The van der Waals surface area contributed by atoms with Crippen molar-refractivity contribution in [3.05, 3.63) is 95.6 Å². The van der Waals surface area contributed by atoms with E-state index in [0.29, 0.717) is 37.6 Å². The molecule has 2 N–H and O–H groups in total. The molecule has 178 valence electrons. The zero-order chi connectivity index (χ0) is 24.0. The van der Waals surface area contributed by atoms with Gasteiger partial charge in [-0.25, -0.2) is 8.42 Å². The molecule has 0 saturated carbocycles. The summed E-state index contributed by atoms with van der Waals surface area (Å²) in [4.78, 5) is 13.5. The second-order valence-corrected chi connectivity index (χ2v) is 10.1. The van der Waals surface area contributed by atoms with Crippen LogP contribution >= 0.6 is 0 Å². The van der Waals surface area contributed by atoms with E-state index < -0.39 is 16.1 Å². The van der Waals surface area contributed by atoms with Gasteiger partial charge in [0.05, 0.1) is 18.1 Å². The second kappa shape index (κ2) is 10.9. The fraction of sp³-hybridized carbons (Fsp3) is 0.269. The first kappa shape index (κ1) is 24.1. The molecule has 1 atom stereocenters. The summed E-state index contributed by atoms with van der Waals surface area (Å²) in [5.74, 6) is -0.219. The Labute approximate surface area is 200 Å². The lowest BCUT2D eigenvalue weighted by Gasteiger charge is -2.27. The lowest BCUT2D eigenvalue weighted by molar-refractivity contribution is -0.118. The molecule has 3 aromatic rings. The van der Waals surface area contributed by atoms with Crippen LogP contribution in [0.2, 0.25) is 0 Å². The molecular weight excluding hydrogens is 450 g/mol. The molecule has 1 amide bonds. The number of rotatable bonds is 8. The molecule has 1 aliphatic heterocycles. The monoisotopic (exact) mass is 479 g/mol. The molecule has 4 rings (SSSR count). The number of hydrogen-bond acceptors (Lipinski definition) is 5. The maximum atomic E-state index is 13.3. The summed E-state index contributed by atoms with van der Waals surface area (Å²) >= 11 is 0. The van der Waals surface area contributed by atoms with Crippen LogP contribution in [0.5, 0.6) is 0 Å². The zero-order valence-electron chi connectivity index (χ0n) is 19.1. The van der Waals surface area contributed by atoms with Crippen molar-refractivity contribution in [3.8, 4) is 0 Å². The molecule has 7 nitrogen and oxygen atoms in total. The van der Waals surface area contributed by atoms with Crippen LogP contribution in [0.15, 0.2) is 83.8 Å². The van der Waals surface area contributed by atoms with Gasteiger partial charge in [0.2, 0.25) is 15.9 Å². The number of carbonyl (C=O) groups is 1. The molecule has 1 saturated heterocycles. The van der Waals surface area contributed by atoms with Crippen LogP contribution in [0.25, 0.3) is 0 Å². The molecule has 1 heterocycles. The lowest BCUT2D eigenvalue weighted by atomic mass is 10.1.